The van der Waals surface area contributed by atoms with Gasteiger partial charge in [0.25, 0.3) is 0 Å². The number of amides is 1. The van der Waals surface area contributed by atoms with Crippen LogP contribution in [0.25, 0.3) is 0 Å². The minimum absolute atomic E-state index is 0.0760. The molecule has 2 nitrogen and oxygen atoms in total. The third-order valence-electron chi connectivity index (χ3n) is 3.51. The molecule has 0 aliphatic heterocycles. The summed E-state index contributed by atoms with van der Waals surface area (Å²) in [6.07, 6.45) is 1.25. The van der Waals surface area contributed by atoms with E-state index in [1.54, 1.807) is 0 Å². The first-order chi connectivity index (χ1) is 8.93. The van der Waals surface area contributed by atoms with Crippen molar-refractivity contribution in [1.29, 1.82) is 0 Å². The molecule has 0 aromatic heterocycles. The Bertz CT molecular complexity index is 429. The predicted molar refractivity (Wildman–Crippen MR) is 81.7 cm³/mol. The highest BCUT2D eigenvalue weighted by atomic mass is 35.5. The zero-order valence-corrected chi connectivity index (χ0v) is 13.1. The van der Waals surface area contributed by atoms with Gasteiger partial charge in [0.05, 0.1) is 6.42 Å². The van der Waals surface area contributed by atoms with E-state index in [9.17, 15) is 4.79 Å². The van der Waals surface area contributed by atoms with Gasteiger partial charge in [-0.1, -0.05) is 32.0 Å². The lowest BCUT2D eigenvalue weighted by Gasteiger charge is -2.21. The van der Waals surface area contributed by atoms with Crippen LogP contribution in [0.15, 0.2) is 18.2 Å². The van der Waals surface area contributed by atoms with Crippen LogP contribution in [0.3, 0.4) is 0 Å². The van der Waals surface area contributed by atoms with Crippen LogP contribution in [0, 0.1) is 19.8 Å². The summed E-state index contributed by atoms with van der Waals surface area (Å²) in [6.45, 7) is 8.36. The molecular formula is C16H24ClNO. The quantitative estimate of drug-likeness (QED) is 0.793. The van der Waals surface area contributed by atoms with Crippen molar-refractivity contribution in [2.75, 3.05) is 5.88 Å². The van der Waals surface area contributed by atoms with Crippen molar-refractivity contribution < 1.29 is 4.79 Å². The lowest BCUT2D eigenvalue weighted by Crippen LogP contribution is -2.39. The molecule has 0 saturated carbocycles. The van der Waals surface area contributed by atoms with E-state index in [0.717, 1.165) is 12.0 Å². The maximum Gasteiger partial charge on any atom is 0.224 e. The van der Waals surface area contributed by atoms with Crippen molar-refractivity contribution in [2.24, 2.45) is 5.92 Å². The van der Waals surface area contributed by atoms with E-state index >= 15 is 0 Å². The Morgan fingerprint density at radius 3 is 2.47 bits per heavy atom. The molecule has 0 aliphatic rings. The van der Waals surface area contributed by atoms with E-state index in [-0.39, 0.29) is 11.9 Å². The minimum Gasteiger partial charge on any atom is -0.353 e. The highest BCUT2D eigenvalue weighted by molar-refractivity contribution is 6.17. The number of carbonyl (C=O) groups is 1. The molecule has 0 bridgehead atoms. The van der Waals surface area contributed by atoms with Crippen molar-refractivity contribution >= 4 is 17.5 Å². The molecule has 1 aromatic rings. The summed E-state index contributed by atoms with van der Waals surface area (Å²) in [4.78, 5) is 12.0. The standard InChI is InChI=1S/C16H24ClNO/c1-11(2)15(7-8-17)18-16(19)10-14-6-5-12(3)13(4)9-14/h5-6,9,11,15H,7-8,10H2,1-4H3,(H,18,19). The lowest BCUT2D eigenvalue weighted by atomic mass is 10.0. The fourth-order valence-corrected chi connectivity index (χ4v) is 2.28. The van der Waals surface area contributed by atoms with Gasteiger partial charge in [0, 0.05) is 11.9 Å². The lowest BCUT2D eigenvalue weighted by molar-refractivity contribution is -0.121. The second kappa shape index (κ2) is 7.54. The van der Waals surface area contributed by atoms with Gasteiger partial charge in [-0.2, -0.15) is 0 Å². The molecule has 19 heavy (non-hydrogen) atoms. The molecule has 0 spiro atoms. The Morgan fingerprint density at radius 1 is 1.26 bits per heavy atom. The summed E-state index contributed by atoms with van der Waals surface area (Å²) in [5.74, 6) is 1.06. The highest BCUT2D eigenvalue weighted by Crippen LogP contribution is 2.11. The second-order valence-electron chi connectivity index (χ2n) is 5.49. The van der Waals surface area contributed by atoms with Gasteiger partial charge in [-0.05, 0) is 42.9 Å². The number of hydrogen-bond donors (Lipinski definition) is 1. The van der Waals surface area contributed by atoms with Crippen LogP contribution in [0.2, 0.25) is 0 Å². The molecule has 0 saturated heterocycles. The van der Waals surface area contributed by atoms with Crippen LogP contribution >= 0.6 is 11.6 Å². The predicted octanol–water partition coefficient (Wildman–Crippen LogP) is 3.62. The number of carbonyl (C=O) groups excluding carboxylic acids is 1. The van der Waals surface area contributed by atoms with E-state index in [2.05, 4.69) is 45.1 Å². The largest absolute Gasteiger partial charge is 0.353 e. The summed E-state index contributed by atoms with van der Waals surface area (Å²) in [7, 11) is 0. The van der Waals surface area contributed by atoms with Gasteiger partial charge in [0.15, 0.2) is 0 Å². The van der Waals surface area contributed by atoms with E-state index in [1.807, 2.05) is 6.07 Å². The number of aryl methyl sites for hydroxylation is 2. The first kappa shape index (κ1) is 16.0. The van der Waals surface area contributed by atoms with E-state index in [1.165, 1.54) is 11.1 Å². The summed E-state index contributed by atoms with van der Waals surface area (Å²) in [6, 6.07) is 6.34. The topological polar surface area (TPSA) is 29.1 Å². The Balaban J connectivity index is 2.61. The molecule has 1 aromatic carbocycles. The van der Waals surface area contributed by atoms with Crippen LogP contribution in [0.1, 0.15) is 37.0 Å². The summed E-state index contributed by atoms with van der Waals surface area (Å²) in [5.41, 5.74) is 3.55. The zero-order valence-electron chi connectivity index (χ0n) is 12.3. The number of benzene rings is 1. The molecule has 0 aliphatic carbocycles. The molecule has 0 radical (unpaired) electrons. The first-order valence-electron chi connectivity index (χ1n) is 6.85. The number of hydrogen-bond acceptors (Lipinski definition) is 1. The van der Waals surface area contributed by atoms with Gasteiger partial charge in [-0.15, -0.1) is 11.6 Å². The minimum atomic E-state index is 0.0760. The SMILES string of the molecule is Cc1ccc(CC(=O)NC(CCCl)C(C)C)cc1C. The van der Waals surface area contributed by atoms with Crippen molar-refractivity contribution in [3.8, 4) is 0 Å². The van der Waals surface area contributed by atoms with Crippen LogP contribution in [0.4, 0.5) is 0 Å². The summed E-state index contributed by atoms with van der Waals surface area (Å²) in [5, 5.41) is 3.08. The van der Waals surface area contributed by atoms with Gasteiger partial charge in [-0.25, -0.2) is 0 Å². The molecule has 1 atom stereocenters. The third-order valence-corrected chi connectivity index (χ3v) is 3.73. The Labute approximate surface area is 121 Å². The van der Waals surface area contributed by atoms with Crippen molar-refractivity contribution in [2.45, 2.75) is 46.6 Å². The van der Waals surface area contributed by atoms with Gasteiger partial charge >= 0.3 is 0 Å². The molecule has 1 N–H and O–H groups in total. The first-order valence-corrected chi connectivity index (χ1v) is 7.39. The van der Waals surface area contributed by atoms with Gasteiger partial charge in [-0.3, -0.25) is 4.79 Å². The highest BCUT2D eigenvalue weighted by Gasteiger charge is 2.15. The van der Waals surface area contributed by atoms with Crippen molar-refractivity contribution in [3.05, 3.63) is 34.9 Å². The second-order valence-corrected chi connectivity index (χ2v) is 5.87. The summed E-state index contributed by atoms with van der Waals surface area (Å²) < 4.78 is 0. The van der Waals surface area contributed by atoms with Crippen LogP contribution in [-0.2, 0) is 11.2 Å². The smallest absolute Gasteiger partial charge is 0.224 e. The fraction of sp³-hybridized carbons (Fsp3) is 0.562. The Morgan fingerprint density at radius 2 is 1.95 bits per heavy atom. The summed E-state index contributed by atoms with van der Waals surface area (Å²) >= 11 is 5.77. The monoisotopic (exact) mass is 281 g/mol. The molecule has 1 rings (SSSR count). The fourth-order valence-electron chi connectivity index (χ4n) is 2.05. The molecule has 1 unspecified atom stereocenters. The molecular weight excluding hydrogens is 258 g/mol. The number of halogens is 1. The number of nitrogens with one attached hydrogen (secondary N) is 1. The van der Waals surface area contributed by atoms with Crippen LogP contribution < -0.4 is 5.32 Å². The van der Waals surface area contributed by atoms with E-state index in [0.29, 0.717) is 18.2 Å². The molecule has 1 amide bonds. The molecule has 3 heteroatoms. The Hall–Kier alpha value is -1.02. The number of alkyl halides is 1. The van der Waals surface area contributed by atoms with E-state index in [4.69, 9.17) is 11.6 Å². The third kappa shape index (κ3) is 5.23. The normalized spacial score (nSPS) is 12.5. The molecule has 0 fully saturated rings. The van der Waals surface area contributed by atoms with Crippen LogP contribution in [0.5, 0.6) is 0 Å². The van der Waals surface area contributed by atoms with Gasteiger partial charge in [0.1, 0.15) is 0 Å². The Kier molecular flexibility index (Phi) is 6.36. The van der Waals surface area contributed by atoms with Crippen molar-refractivity contribution in [3.63, 3.8) is 0 Å². The van der Waals surface area contributed by atoms with Crippen molar-refractivity contribution in [1.82, 2.24) is 5.32 Å². The maximum atomic E-state index is 12.0. The molecule has 0 heterocycles. The van der Waals surface area contributed by atoms with Gasteiger partial charge in [0.2, 0.25) is 5.91 Å². The average Bonchev–Trinajstić information content (AvgIpc) is 2.33. The van der Waals surface area contributed by atoms with Gasteiger partial charge < -0.3 is 5.32 Å². The zero-order chi connectivity index (χ0) is 14.4. The van der Waals surface area contributed by atoms with E-state index < -0.39 is 0 Å². The maximum absolute atomic E-state index is 12.0. The molecule has 106 valence electrons. The average molecular weight is 282 g/mol. The van der Waals surface area contributed by atoms with Crippen LogP contribution in [-0.4, -0.2) is 17.8 Å². The number of rotatable bonds is 6.